The largest absolute Gasteiger partial charge is 0.265 e. The number of nitrogens with zero attached hydrogens (tertiary/aromatic N) is 3. The van der Waals surface area contributed by atoms with Gasteiger partial charge in [-0.3, -0.25) is 4.98 Å². The Hall–Kier alpha value is -0.960. The Morgan fingerprint density at radius 3 is 2.53 bits per heavy atom. The summed E-state index contributed by atoms with van der Waals surface area (Å²) in [5.41, 5.74) is 0.939. The monoisotopic (exact) mass is 251 g/mol. The fourth-order valence-electron chi connectivity index (χ4n) is 2.10. The predicted molar refractivity (Wildman–Crippen MR) is 69.2 cm³/mol. The first kappa shape index (κ1) is 12.5. The van der Waals surface area contributed by atoms with Crippen molar-refractivity contribution in [2.45, 2.75) is 50.1 Å². The lowest BCUT2D eigenvalue weighted by molar-refractivity contribution is 0.419. The molecule has 3 nitrogen and oxygen atoms in total. The molecule has 92 valence electrons. The maximum absolute atomic E-state index is 6.39. The molecule has 1 aromatic heterocycles. The molecular formula is C13H18ClN3. The lowest BCUT2D eigenvalue weighted by Gasteiger charge is -2.20. The van der Waals surface area contributed by atoms with E-state index in [4.69, 9.17) is 11.6 Å². The van der Waals surface area contributed by atoms with Crippen LogP contribution in [-0.4, -0.2) is 11.0 Å². The predicted octanol–water partition coefficient (Wildman–Crippen LogP) is 4.28. The molecule has 1 fully saturated rings. The lowest BCUT2D eigenvalue weighted by atomic mass is 9.96. The number of halogens is 1. The highest BCUT2D eigenvalue weighted by atomic mass is 35.5. The first-order valence-corrected chi connectivity index (χ1v) is 6.58. The molecule has 0 amide bonds. The quantitative estimate of drug-likeness (QED) is 0.449. The fourth-order valence-corrected chi connectivity index (χ4v) is 2.27. The number of hydrogen-bond donors (Lipinski definition) is 0. The van der Waals surface area contributed by atoms with E-state index in [0.29, 0.717) is 6.04 Å². The van der Waals surface area contributed by atoms with E-state index in [1.165, 1.54) is 19.3 Å². The molecule has 0 N–H and O–H groups in total. The van der Waals surface area contributed by atoms with Gasteiger partial charge in [-0.25, -0.2) is 0 Å². The van der Waals surface area contributed by atoms with Gasteiger partial charge < -0.3 is 0 Å². The zero-order chi connectivity index (χ0) is 12.1. The summed E-state index contributed by atoms with van der Waals surface area (Å²) < 4.78 is 0. The van der Waals surface area contributed by atoms with Crippen molar-refractivity contribution in [2.75, 3.05) is 0 Å². The van der Waals surface area contributed by atoms with Crippen molar-refractivity contribution >= 4 is 11.6 Å². The van der Waals surface area contributed by atoms with Crippen molar-refractivity contribution in [2.24, 2.45) is 10.2 Å². The molecule has 4 heteroatoms. The Labute approximate surface area is 107 Å². The van der Waals surface area contributed by atoms with E-state index in [2.05, 4.69) is 15.2 Å². The average Bonchev–Trinajstić information content (AvgIpc) is 2.39. The molecule has 1 aliphatic carbocycles. The van der Waals surface area contributed by atoms with Gasteiger partial charge in [-0.1, -0.05) is 30.9 Å². The number of alkyl halides is 1. The van der Waals surface area contributed by atoms with Gasteiger partial charge >= 0.3 is 0 Å². The van der Waals surface area contributed by atoms with Crippen LogP contribution >= 0.6 is 11.6 Å². The Balaban J connectivity index is 2.03. The first-order valence-electron chi connectivity index (χ1n) is 6.20. The zero-order valence-electron chi connectivity index (χ0n) is 10.1. The van der Waals surface area contributed by atoms with Crippen LogP contribution in [0, 0.1) is 0 Å². The molecule has 0 saturated heterocycles. The van der Waals surface area contributed by atoms with Crippen LogP contribution in [0.15, 0.2) is 34.8 Å². The number of hydrogen-bond acceptors (Lipinski definition) is 3. The van der Waals surface area contributed by atoms with Gasteiger partial charge in [0.1, 0.15) is 0 Å². The minimum absolute atomic E-state index is 0.365. The highest BCUT2D eigenvalue weighted by Gasteiger charge is 2.23. The number of azo groups is 1. The van der Waals surface area contributed by atoms with Crippen LogP contribution in [0.2, 0.25) is 0 Å². The molecule has 0 bridgehead atoms. The van der Waals surface area contributed by atoms with Gasteiger partial charge in [0.25, 0.3) is 0 Å². The molecular weight excluding hydrogens is 234 g/mol. The molecule has 17 heavy (non-hydrogen) atoms. The van der Waals surface area contributed by atoms with E-state index >= 15 is 0 Å². The maximum Gasteiger partial charge on any atom is 0.176 e. The molecule has 1 atom stereocenters. The van der Waals surface area contributed by atoms with Crippen LogP contribution in [0.5, 0.6) is 0 Å². The Morgan fingerprint density at radius 1 is 1.24 bits per heavy atom. The standard InChI is InChI=1S/C13H18ClN3/c1-13(14,11-7-9-15-10-8-11)17-16-12-5-3-2-4-6-12/h7-10,12H,2-6H2,1H3. The van der Waals surface area contributed by atoms with Gasteiger partial charge in [0.15, 0.2) is 5.00 Å². The van der Waals surface area contributed by atoms with Gasteiger partial charge in [-0.15, -0.1) is 0 Å². The third-order valence-corrected chi connectivity index (χ3v) is 3.48. The molecule has 1 heterocycles. The van der Waals surface area contributed by atoms with Crippen LogP contribution in [0.1, 0.15) is 44.6 Å². The second kappa shape index (κ2) is 5.58. The van der Waals surface area contributed by atoms with Crippen molar-refractivity contribution in [1.29, 1.82) is 0 Å². The van der Waals surface area contributed by atoms with Crippen molar-refractivity contribution in [3.63, 3.8) is 0 Å². The highest BCUT2D eigenvalue weighted by molar-refractivity contribution is 6.23. The van der Waals surface area contributed by atoms with E-state index in [1.54, 1.807) is 12.4 Å². The molecule has 1 saturated carbocycles. The number of rotatable bonds is 3. The Kier molecular flexibility index (Phi) is 4.11. The third-order valence-electron chi connectivity index (χ3n) is 3.19. The summed E-state index contributed by atoms with van der Waals surface area (Å²) >= 11 is 6.39. The normalized spacial score (nSPS) is 21.5. The van der Waals surface area contributed by atoms with E-state index in [-0.39, 0.29) is 0 Å². The molecule has 0 radical (unpaired) electrons. The third kappa shape index (κ3) is 3.50. The minimum atomic E-state index is -0.764. The summed E-state index contributed by atoms with van der Waals surface area (Å²) in [5.74, 6) is 0. The van der Waals surface area contributed by atoms with Crippen LogP contribution < -0.4 is 0 Å². The van der Waals surface area contributed by atoms with Gasteiger partial charge in [0, 0.05) is 12.4 Å². The summed E-state index contributed by atoms with van der Waals surface area (Å²) in [6.45, 7) is 1.87. The van der Waals surface area contributed by atoms with Gasteiger partial charge in [0.2, 0.25) is 0 Å². The van der Waals surface area contributed by atoms with E-state index in [9.17, 15) is 0 Å². The topological polar surface area (TPSA) is 37.6 Å². The van der Waals surface area contributed by atoms with Gasteiger partial charge in [-0.2, -0.15) is 10.2 Å². The SMILES string of the molecule is CC(Cl)(N=NC1CCCCC1)c1ccncc1. The number of pyridine rings is 1. The van der Waals surface area contributed by atoms with Crippen molar-refractivity contribution in [3.8, 4) is 0 Å². The molecule has 0 spiro atoms. The van der Waals surface area contributed by atoms with Gasteiger partial charge in [0.05, 0.1) is 6.04 Å². The lowest BCUT2D eigenvalue weighted by Crippen LogP contribution is -2.13. The van der Waals surface area contributed by atoms with Gasteiger partial charge in [-0.05, 0) is 37.5 Å². The smallest absolute Gasteiger partial charge is 0.176 e. The molecule has 1 aliphatic rings. The summed E-state index contributed by atoms with van der Waals surface area (Å²) in [7, 11) is 0. The van der Waals surface area contributed by atoms with Crippen molar-refractivity contribution in [3.05, 3.63) is 30.1 Å². The average molecular weight is 252 g/mol. The summed E-state index contributed by atoms with van der Waals surface area (Å²) in [6.07, 6.45) is 9.60. The number of aromatic nitrogens is 1. The molecule has 0 aromatic carbocycles. The highest BCUT2D eigenvalue weighted by Crippen LogP contribution is 2.31. The van der Waals surface area contributed by atoms with Crippen LogP contribution in [0.3, 0.4) is 0 Å². The second-order valence-electron chi connectivity index (χ2n) is 4.70. The second-order valence-corrected chi connectivity index (χ2v) is 5.43. The summed E-state index contributed by atoms with van der Waals surface area (Å²) in [5, 5.41) is 8.72. The Morgan fingerprint density at radius 2 is 1.88 bits per heavy atom. The van der Waals surface area contributed by atoms with E-state index in [0.717, 1.165) is 18.4 Å². The summed E-state index contributed by atoms with van der Waals surface area (Å²) in [6, 6.07) is 4.13. The molecule has 1 aromatic rings. The Bertz CT molecular complexity index is 370. The minimum Gasteiger partial charge on any atom is -0.265 e. The maximum atomic E-state index is 6.39. The molecule has 1 unspecified atom stereocenters. The molecule has 2 rings (SSSR count). The fraction of sp³-hybridized carbons (Fsp3) is 0.615. The van der Waals surface area contributed by atoms with E-state index < -0.39 is 5.00 Å². The van der Waals surface area contributed by atoms with Crippen LogP contribution in [-0.2, 0) is 5.00 Å². The summed E-state index contributed by atoms with van der Waals surface area (Å²) in [4.78, 5) is 3.21. The van der Waals surface area contributed by atoms with Crippen molar-refractivity contribution in [1.82, 2.24) is 4.98 Å². The van der Waals surface area contributed by atoms with Crippen LogP contribution in [0.25, 0.3) is 0 Å². The van der Waals surface area contributed by atoms with E-state index in [1.807, 2.05) is 19.1 Å². The zero-order valence-corrected chi connectivity index (χ0v) is 10.9. The first-order chi connectivity index (χ1) is 8.18. The van der Waals surface area contributed by atoms with Crippen molar-refractivity contribution < 1.29 is 0 Å². The molecule has 0 aliphatic heterocycles. The van der Waals surface area contributed by atoms with Crippen LogP contribution in [0.4, 0.5) is 0 Å².